The summed E-state index contributed by atoms with van der Waals surface area (Å²) in [6.45, 7) is 3.94. The average Bonchev–Trinajstić information content (AvgIpc) is 2.86. The molecule has 2 atom stereocenters. The lowest BCUT2D eigenvalue weighted by molar-refractivity contribution is -0.140. The van der Waals surface area contributed by atoms with Crippen molar-refractivity contribution >= 4 is 23.5 Å². The zero-order valence-corrected chi connectivity index (χ0v) is 12.6. The SMILES string of the molecule is CC(C)c1cc(C(=O)NC2C=CC(C(=O)O)C2)cc(Cl)n1. The Kier molecular flexibility index (Phi) is 4.63. The summed E-state index contributed by atoms with van der Waals surface area (Å²) < 4.78 is 0. The molecule has 1 amide bonds. The van der Waals surface area contributed by atoms with Gasteiger partial charge in [-0.3, -0.25) is 9.59 Å². The fourth-order valence-corrected chi connectivity index (χ4v) is 2.40. The van der Waals surface area contributed by atoms with Crippen LogP contribution in [-0.2, 0) is 4.79 Å². The summed E-state index contributed by atoms with van der Waals surface area (Å²) in [6, 6.07) is 2.95. The van der Waals surface area contributed by atoms with E-state index in [0.29, 0.717) is 12.0 Å². The summed E-state index contributed by atoms with van der Waals surface area (Å²) in [4.78, 5) is 27.3. The van der Waals surface area contributed by atoms with Crippen LogP contribution in [-0.4, -0.2) is 28.0 Å². The number of carboxylic acid groups (broad SMARTS) is 1. The second-order valence-electron chi connectivity index (χ2n) is 5.40. The van der Waals surface area contributed by atoms with Crippen molar-refractivity contribution in [3.05, 3.63) is 40.7 Å². The van der Waals surface area contributed by atoms with E-state index in [0.717, 1.165) is 5.69 Å². The monoisotopic (exact) mass is 308 g/mol. The molecule has 112 valence electrons. The predicted molar refractivity (Wildman–Crippen MR) is 79.5 cm³/mol. The van der Waals surface area contributed by atoms with Crippen LogP contribution in [0.15, 0.2) is 24.3 Å². The topological polar surface area (TPSA) is 79.3 Å². The molecular formula is C15H17ClN2O3. The number of hydrogen-bond donors (Lipinski definition) is 2. The van der Waals surface area contributed by atoms with Gasteiger partial charge in [0, 0.05) is 17.3 Å². The van der Waals surface area contributed by atoms with E-state index >= 15 is 0 Å². The third-order valence-corrected chi connectivity index (χ3v) is 3.58. The number of nitrogens with zero attached hydrogens (tertiary/aromatic N) is 1. The molecule has 0 fully saturated rings. The van der Waals surface area contributed by atoms with E-state index in [-0.39, 0.29) is 23.0 Å². The maximum Gasteiger partial charge on any atom is 0.310 e. The van der Waals surface area contributed by atoms with Crippen LogP contribution >= 0.6 is 11.6 Å². The highest BCUT2D eigenvalue weighted by molar-refractivity contribution is 6.29. The van der Waals surface area contributed by atoms with Crippen molar-refractivity contribution < 1.29 is 14.7 Å². The molecule has 2 N–H and O–H groups in total. The third-order valence-electron chi connectivity index (χ3n) is 3.38. The zero-order chi connectivity index (χ0) is 15.6. The zero-order valence-electron chi connectivity index (χ0n) is 11.8. The maximum absolute atomic E-state index is 12.2. The summed E-state index contributed by atoms with van der Waals surface area (Å²) >= 11 is 5.94. The lowest BCUT2D eigenvalue weighted by Gasteiger charge is -2.13. The number of rotatable bonds is 4. The maximum atomic E-state index is 12.2. The molecule has 0 bridgehead atoms. The molecule has 0 radical (unpaired) electrons. The highest BCUT2D eigenvalue weighted by Gasteiger charge is 2.25. The van der Waals surface area contributed by atoms with Crippen LogP contribution in [0.1, 0.15) is 42.2 Å². The van der Waals surface area contributed by atoms with Gasteiger partial charge in [0.2, 0.25) is 0 Å². The number of halogens is 1. The van der Waals surface area contributed by atoms with Crippen LogP contribution in [0, 0.1) is 5.92 Å². The Morgan fingerprint density at radius 2 is 2.10 bits per heavy atom. The van der Waals surface area contributed by atoms with E-state index in [9.17, 15) is 9.59 Å². The molecule has 21 heavy (non-hydrogen) atoms. The molecule has 1 aromatic rings. The second-order valence-corrected chi connectivity index (χ2v) is 5.79. The minimum absolute atomic E-state index is 0.165. The van der Waals surface area contributed by atoms with Crippen LogP contribution in [0.3, 0.4) is 0 Å². The standard InChI is InChI=1S/C15H17ClN2O3/c1-8(2)12-6-10(7-13(16)18-12)14(19)17-11-4-3-9(5-11)15(20)21/h3-4,6-9,11H,5H2,1-2H3,(H,17,19)(H,20,21). The van der Waals surface area contributed by atoms with E-state index in [2.05, 4.69) is 10.3 Å². The van der Waals surface area contributed by atoms with Crippen molar-refractivity contribution in [3.63, 3.8) is 0 Å². The minimum Gasteiger partial charge on any atom is -0.481 e. The quantitative estimate of drug-likeness (QED) is 0.662. The Labute approximate surface area is 128 Å². The first kappa shape index (κ1) is 15.5. The highest BCUT2D eigenvalue weighted by Crippen LogP contribution is 2.20. The van der Waals surface area contributed by atoms with Crippen LogP contribution in [0.4, 0.5) is 0 Å². The lowest BCUT2D eigenvalue weighted by atomic mass is 10.1. The van der Waals surface area contributed by atoms with Crippen molar-refractivity contribution in [2.45, 2.75) is 32.2 Å². The molecule has 6 heteroatoms. The average molecular weight is 309 g/mol. The smallest absolute Gasteiger partial charge is 0.310 e. The van der Waals surface area contributed by atoms with Gasteiger partial charge < -0.3 is 10.4 Å². The van der Waals surface area contributed by atoms with Crippen LogP contribution in [0.2, 0.25) is 5.15 Å². The molecule has 5 nitrogen and oxygen atoms in total. The lowest BCUT2D eigenvalue weighted by Crippen LogP contribution is -2.33. The molecule has 1 aromatic heterocycles. The number of nitrogens with one attached hydrogen (secondary N) is 1. The van der Waals surface area contributed by atoms with Gasteiger partial charge in [0.05, 0.1) is 5.92 Å². The van der Waals surface area contributed by atoms with Gasteiger partial charge in [-0.25, -0.2) is 4.98 Å². The van der Waals surface area contributed by atoms with E-state index in [4.69, 9.17) is 16.7 Å². The summed E-state index contributed by atoms with van der Waals surface area (Å²) in [6.07, 6.45) is 3.69. The third kappa shape index (κ3) is 3.82. The Hall–Kier alpha value is -1.88. The van der Waals surface area contributed by atoms with Gasteiger partial charge >= 0.3 is 5.97 Å². The number of carbonyl (C=O) groups is 2. The second kappa shape index (κ2) is 6.26. The normalized spacial score (nSPS) is 20.8. The molecule has 1 aliphatic rings. The van der Waals surface area contributed by atoms with Crippen molar-refractivity contribution in [2.75, 3.05) is 0 Å². The molecule has 0 aliphatic heterocycles. The Balaban J connectivity index is 2.08. The summed E-state index contributed by atoms with van der Waals surface area (Å²) in [5.41, 5.74) is 1.18. The number of aliphatic carboxylic acids is 1. The first-order valence-electron chi connectivity index (χ1n) is 6.76. The molecular weight excluding hydrogens is 292 g/mol. The largest absolute Gasteiger partial charge is 0.481 e. The molecule has 0 saturated carbocycles. The molecule has 2 rings (SSSR count). The number of aromatic nitrogens is 1. The van der Waals surface area contributed by atoms with Gasteiger partial charge in [0.25, 0.3) is 5.91 Å². The minimum atomic E-state index is -0.878. The number of hydrogen-bond acceptors (Lipinski definition) is 3. The molecule has 0 aromatic carbocycles. The number of carboxylic acids is 1. The molecule has 0 saturated heterocycles. The molecule has 0 spiro atoms. The van der Waals surface area contributed by atoms with Crippen LogP contribution < -0.4 is 5.32 Å². The molecule has 1 heterocycles. The van der Waals surface area contributed by atoms with Gasteiger partial charge in [0.1, 0.15) is 5.15 Å². The number of amides is 1. The van der Waals surface area contributed by atoms with Gasteiger partial charge in [0.15, 0.2) is 0 Å². The first-order valence-corrected chi connectivity index (χ1v) is 7.14. The summed E-state index contributed by atoms with van der Waals surface area (Å²) in [5.74, 6) is -1.53. The fourth-order valence-electron chi connectivity index (χ4n) is 2.18. The number of pyridine rings is 1. The fraction of sp³-hybridized carbons (Fsp3) is 0.400. The first-order chi connectivity index (χ1) is 9.86. The highest BCUT2D eigenvalue weighted by atomic mass is 35.5. The van der Waals surface area contributed by atoms with Gasteiger partial charge in [-0.05, 0) is 24.5 Å². The van der Waals surface area contributed by atoms with Crippen molar-refractivity contribution in [1.82, 2.24) is 10.3 Å². The van der Waals surface area contributed by atoms with Crippen molar-refractivity contribution in [2.24, 2.45) is 5.92 Å². The van der Waals surface area contributed by atoms with E-state index in [1.54, 1.807) is 18.2 Å². The van der Waals surface area contributed by atoms with E-state index in [1.807, 2.05) is 13.8 Å². The predicted octanol–water partition coefficient (Wildman–Crippen LogP) is 2.62. The van der Waals surface area contributed by atoms with Crippen molar-refractivity contribution in [3.8, 4) is 0 Å². The number of carbonyl (C=O) groups excluding carboxylic acids is 1. The Morgan fingerprint density at radius 1 is 1.38 bits per heavy atom. The molecule has 2 unspecified atom stereocenters. The van der Waals surface area contributed by atoms with Crippen molar-refractivity contribution in [1.29, 1.82) is 0 Å². The molecule has 1 aliphatic carbocycles. The van der Waals surface area contributed by atoms with Gasteiger partial charge in [-0.15, -0.1) is 0 Å². The van der Waals surface area contributed by atoms with Crippen LogP contribution in [0.25, 0.3) is 0 Å². The van der Waals surface area contributed by atoms with Crippen LogP contribution in [0.5, 0.6) is 0 Å². The van der Waals surface area contributed by atoms with Gasteiger partial charge in [-0.2, -0.15) is 0 Å². The van der Waals surface area contributed by atoms with E-state index < -0.39 is 11.9 Å². The van der Waals surface area contributed by atoms with Gasteiger partial charge in [-0.1, -0.05) is 37.6 Å². The Bertz CT molecular complexity index is 599. The Morgan fingerprint density at radius 3 is 2.67 bits per heavy atom. The summed E-state index contributed by atoms with van der Waals surface area (Å²) in [5, 5.41) is 12.0. The van der Waals surface area contributed by atoms with E-state index in [1.165, 1.54) is 6.07 Å². The summed E-state index contributed by atoms with van der Waals surface area (Å²) in [7, 11) is 0.